The lowest BCUT2D eigenvalue weighted by Gasteiger charge is -2.11. The zero-order valence-electron chi connectivity index (χ0n) is 9.50. The van der Waals surface area contributed by atoms with E-state index in [1.165, 1.54) is 0 Å². The molecule has 0 bridgehead atoms. The highest BCUT2D eigenvalue weighted by atomic mass is 35.5. The van der Waals surface area contributed by atoms with Crippen LogP contribution in [-0.2, 0) is 9.53 Å². The summed E-state index contributed by atoms with van der Waals surface area (Å²) in [5.41, 5.74) is 0. The molecule has 0 aromatic carbocycles. The molecule has 1 aliphatic rings. The third kappa shape index (κ3) is 7.00. The number of amides is 1. The highest BCUT2D eigenvalue weighted by Gasteiger charge is 2.28. The normalized spacial score (nSPS) is 23.6. The average molecular weight is 293 g/mol. The molecule has 108 valence electrons. The van der Waals surface area contributed by atoms with Crippen LogP contribution in [0.25, 0.3) is 0 Å². The number of nitrogens with one attached hydrogen (secondary N) is 2. The van der Waals surface area contributed by atoms with Gasteiger partial charge in [0.2, 0.25) is 5.91 Å². The maximum absolute atomic E-state index is 11.7. The van der Waals surface area contributed by atoms with Crippen LogP contribution in [0, 0.1) is 0 Å². The topological polar surface area (TPSA) is 70.6 Å². The van der Waals surface area contributed by atoms with Crippen molar-refractivity contribution < 1.29 is 27.8 Å². The van der Waals surface area contributed by atoms with Crippen LogP contribution in [0.2, 0.25) is 0 Å². The molecule has 1 aliphatic heterocycles. The highest BCUT2D eigenvalue weighted by Crippen LogP contribution is 2.13. The summed E-state index contributed by atoms with van der Waals surface area (Å²) >= 11 is 0. The molecule has 1 saturated heterocycles. The molecule has 18 heavy (non-hydrogen) atoms. The van der Waals surface area contributed by atoms with Gasteiger partial charge in [0.15, 0.2) is 0 Å². The number of rotatable bonds is 5. The van der Waals surface area contributed by atoms with Gasteiger partial charge in [0, 0.05) is 13.1 Å². The first kappa shape index (κ1) is 17.4. The molecule has 2 atom stereocenters. The minimum absolute atomic E-state index is 0. The van der Waals surface area contributed by atoms with Crippen molar-refractivity contribution >= 4 is 18.3 Å². The first-order valence-corrected chi connectivity index (χ1v) is 5.22. The van der Waals surface area contributed by atoms with Gasteiger partial charge in [-0.25, -0.2) is 0 Å². The van der Waals surface area contributed by atoms with Crippen molar-refractivity contribution in [1.29, 1.82) is 0 Å². The van der Waals surface area contributed by atoms with E-state index in [9.17, 15) is 18.0 Å². The Hall–Kier alpha value is -0.570. The van der Waals surface area contributed by atoms with Gasteiger partial charge in [-0.15, -0.1) is 12.4 Å². The summed E-state index contributed by atoms with van der Waals surface area (Å²) in [5, 5.41) is 14.4. The van der Waals surface area contributed by atoms with Crippen molar-refractivity contribution in [2.45, 2.75) is 24.7 Å². The Labute approximate surface area is 108 Å². The second-order valence-electron chi connectivity index (χ2n) is 3.81. The monoisotopic (exact) mass is 292 g/mol. The smallest absolute Gasteiger partial charge is 0.392 e. The summed E-state index contributed by atoms with van der Waals surface area (Å²) in [6.45, 7) is -1.14. The third-order valence-electron chi connectivity index (χ3n) is 2.24. The second-order valence-corrected chi connectivity index (χ2v) is 3.81. The first-order chi connectivity index (χ1) is 7.88. The number of alkyl halides is 3. The van der Waals surface area contributed by atoms with Gasteiger partial charge in [-0.2, -0.15) is 13.2 Å². The molecule has 1 rings (SSSR count). The van der Waals surface area contributed by atoms with Gasteiger partial charge in [0.1, 0.15) is 6.61 Å². The molecular formula is C9H16ClF3N2O3. The van der Waals surface area contributed by atoms with Crippen LogP contribution in [0.3, 0.4) is 0 Å². The van der Waals surface area contributed by atoms with Crippen molar-refractivity contribution in [1.82, 2.24) is 10.6 Å². The van der Waals surface area contributed by atoms with Crippen LogP contribution < -0.4 is 10.6 Å². The molecule has 0 saturated carbocycles. The van der Waals surface area contributed by atoms with Gasteiger partial charge in [-0.1, -0.05) is 0 Å². The lowest BCUT2D eigenvalue weighted by molar-refractivity contribution is -0.173. The zero-order valence-corrected chi connectivity index (χ0v) is 10.3. The molecule has 0 aliphatic carbocycles. The van der Waals surface area contributed by atoms with Gasteiger partial charge in [0.25, 0.3) is 0 Å². The molecule has 1 amide bonds. The van der Waals surface area contributed by atoms with Crippen molar-refractivity contribution in [2.24, 2.45) is 0 Å². The Bertz CT molecular complexity index is 266. The molecule has 0 aromatic rings. The van der Waals surface area contributed by atoms with Crippen LogP contribution in [0.4, 0.5) is 13.2 Å². The van der Waals surface area contributed by atoms with Crippen LogP contribution >= 0.6 is 12.4 Å². The molecular weight excluding hydrogens is 277 g/mol. The highest BCUT2D eigenvalue weighted by molar-refractivity contribution is 5.85. The second kappa shape index (κ2) is 7.78. The van der Waals surface area contributed by atoms with Crippen molar-refractivity contribution in [3.05, 3.63) is 0 Å². The summed E-state index contributed by atoms with van der Waals surface area (Å²) < 4.78 is 39.4. The number of β-amino-alcohol motifs (C(OH)–C–C–N with tert-alkyl or cyclic N) is 1. The Balaban J connectivity index is 0.00000289. The van der Waals surface area contributed by atoms with Crippen molar-refractivity contribution in [3.8, 4) is 0 Å². The van der Waals surface area contributed by atoms with Crippen molar-refractivity contribution in [3.63, 3.8) is 0 Å². The fourth-order valence-electron chi connectivity index (χ4n) is 1.47. The third-order valence-corrected chi connectivity index (χ3v) is 2.24. The van der Waals surface area contributed by atoms with Gasteiger partial charge in [0.05, 0.1) is 18.8 Å². The van der Waals surface area contributed by atoms with Gasteiger partial charge in [-0.3, -0.25) is 4.79 Å². The average Bonchev–Trinajstić information content (AvgIpc) is 2.62. The van der Waals surface area contributed by atoms with Crippen LogP contribution in [0.15, 0.2) is 0 Å². The molecule has 1 heterocycles. The Morgan fingerprint density at radius 2 is 2.17 bits per heavy atom. The fourth-order valence-corrected chi connectivity index (χ4v) is 1.47. The summed E-state index contributed by atoms with van der Waals surface area (Å²) in [4.78, 5) is 11.4. The lowest BCUT2D eigenvalue weighted by Crippen LogP contribution is -2.41. The summed E-state index contributed by atoms with van der Waals surface area (Å²) in [5.74, 6) is -0.336. The lowest BCUT2D eigenvalue weighted by atomic mass is 10.2. The van der Waals surface area contributed by atoms with Gasteiger partial charge in [-0.05, 0) is 6.42 Å². The molecule has 0 radical (unpaired) electrons. The molecule has 1 fully saturated rings. The maximum atomic E-state index is 11.7. The number of hydrogen-bond donors (Lipinski definition) is 3. The fraction of sp³-hybridized carbons (Fsp3) is 0.889. The first-order valence-electron chi connectivity index (χ1n) is 5.22. The quantitative estimate of drug-likeness (QED) is 0.615. The molecule has 9 heteroatoms. The van der Waals surface area contributed by atoms with Gasteiger partial charge >= 0.3 is 6.18 Å². The van der Waals surface area contributed by atoms with E-state index in [1.807, 2.05) is 0 Å². The van der Waals surface area contributed by atoms with E-state index in [0.29, 0.717) is 13.0 Å². The molecule has 3 N–H and O–H groups in total. The van der Waals surface area contributed by atoms with Crippen LogP contribution in [0.1, 0.15) is 6.42 Å². The van der Waals surface area contributed by atoms with Crippen LogP contribution in [-0.4, -0.2) is 55.6 Å². The molecule has 0 aromatic heterocycles. The predicted molar refractivity (Wildman–Crippen MR) is 59.5 cm³/mol. The minimum atomic E-state index is -4.35. The summed E-state index contributed by atoms with van der Waals surface area (Å²) in [7, 11) is 0. The van der Waals surface area contributed by atoms with E-state index in [0.717, 1.165) is 0 Å². The van der Waals surface area contributed by atoms with E-state index in [1.54, 1.807) is 0 Å². The summed E-state index contributed by atoms with van der Waals surface area (Å²) in [6.07, 6.45) is -4.58. The number of aliphatic hydroxyl groups excluding tert-OH is 1. The van der Waals surface area contributed by atoms with E-state index in [2.05, 4.69) is 15.4 Å². The van der Waals surface area contributed by atoms with Crippen LogP contribution in [0.5, 0.6) is 0 Å². The van der Waals surface area contributed by atoms with Crippen molar-refractivity contribution in [2.75, 3.05) is 26.3 Å². The predicted octanol–water partition coefficient (Wildman–Crippen LogP) is -0.174. The molecule has 5 nitrogen and oxygen atoms in total. The Kier molecular flexibility index (Phi) is 7.53. The SMILES string of the molecule is Cl.O=C(NCCOCC(F)(F)F)C1CC(O)CN1. The molecule has 0 spiro atoms. The Morgan fingerprint density at radius 3 is 2.67 bits per heavy atom. The molecule has 2 unspecified atom stereocenters. The standard InChI is InChI=1S/C9H15F3N2O3.ClH/c10-9(11,12)5-17-2-1-13-8(16)7-3-6(15)4-14-7;/h6-7,14-15H,1-5H2,(H,13,16);1H. The van der Waals surface area contributed by atoms with E-state index in [4.69, 9.17) is 5.11 Å². The van der Waals surface area contributed by atoms with Gasteiger partial charge < -0.3 is 20.5 Å². The zero-order chi connectivity index (χ0) is 12.9. The number of hydrogen-bond acceptors (Lipinski definition) is 4. The maximum Gasteiger partial charge on any atom is 0.411 e. The van der Waals surface area contributed by atoms with E-state index >= 15 is 0 Å². The Morgan fingerprint density at radius 1 is 1.50 bits per heavy atom. The number of halogens is 4. The number of carbonyl (C=O) groups is 1. The minimum Gasteiger partial charge on any atom is -0.392 e. The van der Waals surface area contributed by atoms with E-state index < -0.39 is 24.9 Å². The summed E-state index contributed by atoms with van der Waals surface area (Å²) in [6, 6.07) is -0.479. The number of carbonyl (C=O) groups excluding carboxylic acids is 1. The number of aliphatic hydroxyl groups is 1. The largest absolute Gasteiger partial charge is 0.411 e. The van der Waals surface area contributed by atoms with E-state index in [-0.39, 0.29) is 31.5 Å². The number of ether oxygens (including phenoxy) is 1.